The molecule has 2 aliphatic rings. The molecule has 2 N–H and O–H groups in total. The molecular weight excluding hydrogens is 224 g/mol. The molecule has 1 fully saturated rings. The molecule has 1 aromatic rings. The van der Waals surface area contributed by atoms with Crippen molar-refractivity contribution in [2.45, 2.75) is 25.7 Å². The third-order valence-electron chi connectivity index (χ3n) is 3.97. The summed E-state index contributed by atoms with van der Waals surface area (Å²) >= 11 is 0. The quantitative estimate of drug-likeness (QED) is 0.856. The van der Waals surface area contributed by atoms with Crippen LogP contribution in [-0.2, 0) is 6.42 Å². The van der Waals surface area contributed by atoms with Crippen molar-refractivity contribution < 1.29 is 4.74 Å². The first-order valence-electron chi connectivity index (χ1n) is 7.12. The summed E-state index contributed by atoms with van der Waals surface area (Å²) < 4.78 is 5.52. The maximum Gasteiger partial charge on any atom is 0.122 e. The Hall–Kier alpha value is -1.22. The number of hydrogen-bond acceptors (Lipinski definition) is 3. The maximum absolute atomic E-state index is 5.52. The van der Waals surface area contributed by atoms with Crippen molar-refractivity contribution in [2.24, 2.45) is 5.92 Å². The van der Waals surface area contributed by atoms with Crippen molar-refractivity contribution >= 4 is 5.69 Å². The molecule has 18 heavy (non-hydrogen) atoms. The zero-order chi connectivity index (χ0) is 12.2. The lowest BCUT2D eigenvalue weighted by Gasteiger charge is -2.22. The molecule has 0 aromatic heterocycles. The van der Waals surface area contributed by atoms with E-state index in [2.05, 4.69) is 28.8 Å². The molecular formula is C15H22N2O. The molecule has 0 spiro atoms. The van der Waals surface area contributed by atoms with E-state index in [0.29, 0.717) is 0 Å². The van der Waals surface area contributed by atoms with E-state index >= 15 is 0 Å². The van der Waals surface area contributed by atoms with Gasteiger partial charge in [0.25, 0.3) is 0 Å². The summed E-state index contributed by atoms with van der Waals surface area (Å²) in [4.78, 5) is 0. The molecule has 1 atom stereocenters. The fraction of sp³-hybridized carbons (Fsp3) is 0.600. The molecule has 2 heterocycles. The maximum atomic E-state index is 5.52. The lowest BCUT2D eigenvalue weighted by Crippen LogP contribution is -2.30. The number of anilines is 1. The molecule has 0 aliphatic carbocycles. The van der Waals surface area contributed by atoms with Crippen LogP contribution in [0.15, 0.2) is 18.2 Å². The standard InChI is InChI=1S/C15H22N2O/c1-2-12(11-16-7-1)5-8-17-14-3-4-15-13(10-14)6-9-18-15/h3-4,10,12,16-17H,1-2,5-9,11H2. The van der Waals surface area contributed by atoms with Gasteiger partial charge in [0, 0.05) is 18.7 Å². The Kier molecular flexibility index (Phi) is 3.69. The normalized spacial score (nSPS) is 22.3. The second kappa shape index (κ2) is 5.61. The molecule has 3 rings (SSSR count). The Labute approximate surface area is 109 Å². The number of nitrogens with one attached hydrogen (secondary N) is 2. The van der Waals surface area contributed by atoms with Crippen molar-refractivity contribution in [3.8, 4) is 5.75 Å². The van der Waals surface area contributed by atoms with Crippen molar-refractivity contribution in [2.75, 3.05) is 31.6 Å². The summed E-state index contributed by atoms with van der Waals surface area (Å²) in [6, 6.07) is 6.46. The molecule has 0 amide bonds. The highest BCUT2D eigenvalue weighted by Crippen LogP contribution is 2.27. The molecule has 1 unspecified atom stereocenters. The summed E-state index contributed by atoms with van der Waals surface area (Å²) in [6.07, 6.45) is 5.03. The van der Waals surface area contributed by atoms with Crippen molar-refractivity contribution in [3.05, 3.63) is 23.8 Å². The third kappa shape index (κ3) is 2.78. The largest absolute Gasteiger partial charge is 0.493 e. The third-order valence-corrected chi connectivity index (χ3v) is 3.97. The van der Waals surface area contributed by atoms with Gasteiger partial charge in [-0.05, 0) is 62.0 Å². The topological polar surface area (TPSA) is 33.3 Å². The molecule has 0 bridgehead atoms. The van der Waals surface area contributed by atoms with Gasteiger partial charge in [-0.2, -0.15) is 0 Å². The highest BCUT2D eigenvalue weighted by molar-refractivity contribution is 5.52. The Morgan fingerprint density at radius 1 is 1.39 bits per heavy atom. The number of piperidine rings is 1. The first-order valence-corrected chi connectivity index (χ1v) is 7.12. The van der Waals surface area contributed by atoms with Crippen molar-refractivity contribution in [1.82, 2.24) is 5.32 Å². The molecule has 1 aromatic carbocycles. The van der Waals surface area contributed by atoms with Gasteiger partial charge in [0.15, 0.2) is 0 Å². The molecule has 1 saturated heterocycles. The lowest BCUT2D eigenvalue weighted by atomic mass is 9.96. The van der Waals surface area contributed by atoms with Gasteiger partial charge >= 0.3 is 0 Å². The second-order valence-electron chi connectivity index (χ2n) is 5.35. The van der Waals surface area contributed by atoms with Crippen molar-refractivity contribution in [1.29, 1.82) is 0 Å². The second-order valence-corrected chi connectivity index (χ2v) is 5.35. The van der Waals surface area contributed by atoms with Crippen LogP contribution in [0.4, 0.5) is 5.69 Å². The number of ether oxygens (including phenoxy) is 1. The minimum Gasteiger partial charge on any atom is -0.493 e. The lowest BCUT2D eigenvalue weighted by molar-refractivity contribution is 0.357. The predicted molar refractivity (Wildman–Crippen MR) is 74.3 cm³/mol. The zero-order valence-electron chi connectivity index (χ0n) is 10.9. The van der Waals surface area contributed by atoms with Crippen LogP contribution >= 0.6 is 0 Å². The van der Waals surface area contributed by atoms with Crippen LogP contribution in [0.1, 0.15) is 24.8 Å². The van der Waals surface area contributed by atoms with Gasteiger partial charge in [-0.3, -0.25) is 0 Å². The molecule has 3 nitrogen and oxygen atoms in total. The minimum atomic E-state index is 0.840. The van der Waals surface area contributed by atoms with Crippen LogP contribution in [0.5, 0.6) is 5.75 Å². The summed E-state index contributed by atoms with van der Waals surface area (Å²) in [5.74, 6) is 1.92. The van der Waals surface area contributed by atoms with Gasteiger partial charge in [-0.25, -0.2) is 0 Å². The summed E-state index contributed by atoms with van der Waals surface area (Å²) in [5.41, 5.74) is 2.59. The van der Waals surface area contributed by atoms with Crippen LogP contribution in [0.2, 0.25) is 0 Å². The minimum absolute atomic E-state index is 0.840. The molecule has 3 heteroatoms. The fourth-order valence-electron chi connectivity index (χ4n) is 2.89. The number of rotatable bonds is 4. The Morgan fingerprint density at radius 3 is 3.28 bits per heavy atom. The number of fused-ring (bicyclic) bond motifs is 1. The predicted octanol–water partition coefficient (Wildman–Crippen LogP) is 2.42. The van der Waals surface area contributed by atoms with Gasteiger partial charge in [0.05, 0.1) is 6.61 Å². The van der Waals surface area contributed by atoms with Gasteiger partial charge in [-0.15, -0.1) is 0 Å². The summed E-state index contributed by atoms with van der Waals surface area (Å²) in [7, 11) is 0. The number of hydrogen-bond donors (Lipinski definition) is 2. The number of benzene rings is 1. The van der Waals surface area contributed by atoms with Crippen LogP contribution in [0.25, 0.3) is 0 Å². The summed E-state index contributed by atoms with van der Waals surface area (Å²) in [5, 5.41) is 7.01. The van der Waals surface area contributed by atoms with Crippen molar-refractivity contribution in [3.63, 3.8) is 0 Å². The van der Waals surface area contributed by atoms with E-state index in [1.807, 2.05) is 0 Å². The fourth-order valence-corrected chi connectivity index (χ4v) is 2.89. The highest BCUT2D eigenvalue weighted by Gasteiger charge is 2.13. The van der Waals surface area contributed by atoms with Crippen LogP contribution in [-0.4, -0.2) is 26.2 Å². The smallest absolute Gasteiger partial charge is 0.122 e. The van der Waals surface area contributed by atoms with Gasteiger partial charge in [-0.1, -0.05) is 0 Å². The van der Waals surface area contributed by atoms with E-state index in [9.17, 15) is 0 Å². The average Bonchev–Trinajstić information content (AvgIpc) is 2.87. The van der Waals surface area contributed by atoms with E-state index in [1.165, 1.54) is 43.6 Å². The molecule has 2 aliphatic heterocycles. The zero-order valence-corrected chi connectivity index (χ0v) is 10.9. The first-order chi connectivity index (χ1) is 8.92. The Bertz CT molecular complexity index is 399. The van der Waals surface area contributed by atoms with Crippen LogP contribution < -0.4 is 15.4 Å². The molecule has 0 radical (unpaired) electrons. The van der Waals surface area contributed by atoms with E-state index in [-0.39, 0.29) is 0 Å². The van der Waals surface area contributed by atoms with E-state index < -0.39 is 0 Å². The van der Waals surface area contributed by atoms with Gasteiger partial charge in [0.1, 0.15) is 5.75 Å². The summed E-state index contributed by atoms with van der Waals surface area (Å²) in [6.45, 7) is 4.31. The Balaban J connectivity index is 1.48. The van der Waals surface area contributed by atoms with E-state index in [0.717, 1.165) is 31.2 Å². The Morgan fingerprint density at radius 2 is 2.39 bits per heavy atom. The van der Waals surface area contributed by atoms with Gasteiger partial charge < -0.3 is 15.4 Å². The molecule has 0 saturated carbocycles. The van der Waals surface area contributed by atoms with Crippen LogP contribution in [0, 0.1) is 5.92 Å². The average molecular weight is 246 g/mol. The monoisotopic (exact) mass is 246 g/mol. The molecule has 98 valence electrons. The van der Waals surface area contributed by atoms with Gasteiger partial charge in [0.2, 0.25) is 0 Å². The van der Waals surface area contributed by atoms with E-state index in [4.69, 9.17) is 4.74 Å². The SMILES string of the molecule is c1cc2c(cc1NCCC1CCCNC1)CCO2. The van der Waals surface area contributed by atoms with E-state index in [1.54, 1.807) is 0 Å². The first kappa shape index (κ1) is 11.8. The highest BCUT2D eigenvalue weighted by atomic mass is 16.5. The van der Waals surface area contributed by atoms with Crippen LogP contribution in [0.3, 0.4) is 0 Å².